The molecule has 1 N–H and O–H groups in total. The van der Waals surface area contributed by atoms with Crippen molar-refractivity contribution in [3.8, 4) is 0 Å². The molecule has 3 aromatic carbocycles. The lowest BCUT2D eigenvalue weighted by Gasteiger charge is -2.34. The lowest BCUT2D eigenvalue weighted by Crippen LogP contribution is -2.53. The summed E-state index contributed by atoms with van der Waals surface area (Å²) in [6, 6.07) is 18.6. The molecule has 0 aromatic heterocycles. The van der Waals surface area contributed by atoms with Gasteiger partial charge in [-0.2, -0.15) is 0 Å². The van der Waals surface area contributed by atoms with Crippen LogP contribution in [0.25, 0.3) is 0 Å². The Labute approximate surface area is 253 Å². The largest absolute Gasteiger partial charge is 0.354 e. The Balaban J connectivity index is 2.08. The third-order valence-corrected chi connectivity index (χ3v) is 8.50. The molecule has 0 bridgehead atoms. The lowest BCUT2D eigenvalue weighted by molar-refractivity contribution is -0.140. The highest BCUT2D eigenvalue weighted by Crippen LogP contribution is 2.26. The maximum atomic E-state index is 14.2. The summed E-state index contributed by atoms with van der Waals surface area (Å²) in [6.45, 7) is 7.68. The number of nitrogens with zero attached hydrogens (tertiary/aromatic N) is 2. The summed E-state index contributed by atoms with van der Waals surface area (Å²) in [5.74, 6) is -0.685. The second-order valence-electron chi connectivity index (χ2n) is 10.6. The SMILES string of the molecule is Cc1ccc(N(CC(=O)N(Cc2ccc(Cl)cc2Cl)C(Cc2ccccc2)C(=O)NCC(C)C)S(C)(=O)=O)cc1C. The minimum Gasteiger partial charge on any atom is -0.354 e. The Bertz CT molecular complexity index is 1480. The molecule has 0 heterocycles. The van der Waals surface area contributed by atoms with Crippen molar-refractivity contribution in [2.75, 3.05) is 23.7 Å². The Kier molecular flexibility index (Phi) is 11.2. The van der Waals surface area contributed by atoms with Gasteiger partial charge in [0.2, 0.25) is 21.8 Å². The van der Waals surface area contributed by atoms with Crippen molar-refractivity contribution >= 4 is 50.7 Å². The van der Waals surface area contributed by atoms with Gasteiger partial charge in [0.25, 0.3) is 0 Å². The van der Waals surface area contributed by atoms with Crippen molar-refractivity contribution in [2.45, 2.75) is 46.7 Å². The van der Waals surface area contributed by atoms with Gasteiger partial charge in [0.15, 0.2) is 0 Å². The number of hydrogen-bond donors (Lipinski definition) is 1. The molecule has 10 heteroatoms. The molecule has 2 amide bonds. The second kappa shape index (κ2) is 14.2. The summed E-state index contributed by atoms with van der Waals surface area (Å²) < 4.78 is 27.0. The predicted octanol–water partition coefficient (Wildman–Crippen LogP) is 5.79. The van der Waals surface area contributed by atoms with Gasteiger partial charge in [0.05, 0.1) is 11.9 Å². The van der Waals surface area contributed by atoms with Gasteiger partial charge in [0.1, 0.15) is 12.6 Å². The number of anilines is 1. The van der Waals surface area contributed by atoms with Crippen LogP contribution in [0, 0.1) is 19.8 Å². The molecule has 0 radical (unpaired) electrons. The van der Waals surface area contributed by atoms with Gasteiger partial charge < -0.3 is 10.2 Å². The number of amides is 2. The van der Waals surface area contributed by atoms with Crippen molar-refractivity contribution < 1.29 is 18.0 Å². The average molecular weight is 619 g/mol. The van der Waals surface area contributed by atoms with Crippen LogP contribution in [0.15, 0.2) is 66.7 Å². The monoisotopic (exact) mass is 617 g/mol. The number of aryl methyl sites for hydroxylation is 2. The van der Waals surface area contributed by atoms with Gasteiger partial charge in [-0.05, 0) is 66.3 Å². The molecule has 0 aliphatic rings. The fourth-order valence-electron chi connectivity index (χ4n) is 4.30. The molecule has 0 spiro atoms. The minimum atomic E-state index is -3.85. The third kappa shape index (κ3) is 9.21. The molecule has 41 heavy (non-hydrogen) atoms. The van der Waals surface area contributed by atoms with Crippen LogP contribution in [0.2, 0.25) is 10.0 Å². The maximum absolute atomic E-state index is 14.2. The van der Waals surface area contributed by atoms with Crippen LogP contribution in [0.5, 0.6) is 0 Å². The first-order chi connectivity index (χ1) is 19.3. The number of carbonyl (C=O) groups excluding carboxylic acids is 2. The number of hydrogen-bond acceptors (Lipinski definition) is 4. The van der Waals surface area contributed by atoms with Gasteiger partial charge in [-0.15, -0.1) is 0 Å². The van der Waals surface area contributed by atoms with Crippen LogP contribution < -0.4 is 9.62 Å². The first-order valence-electron chi connectivity index (χ1n) is 13.4. The van der Waals surface area contributed by atoms with Crippen molar-refractivity contribution in [1.82, 2.24) is 10.2 Å². The Morgan fingerprint density at radius 3 is 2.20 bits per heavy atom. The van der Waals surface area contributed by atoms with Crippen molar-refractivity contribution in [1.29, 1.82) is 0 Å². The average Bonchev–Trinajstić information content (AvgIpc) is 2.90. The standard InChI is InChI=1S/C31H37Cl2N3O4S/c1-21(2)18-34-31(38)29(16-24-9-7-6-8-10-24)35(19-25-12-13-26(32)17-28(25)33)30(37)20-36(41(5,39)40)27-14-11-22(3)23(4)15-27/h6-15,17,21,29H,16,18-20H2,1-5H3,(H,34,38). The van der Waals surface area contributed by atoms with Crippen LogP contribution in [-0.4, -0.2) is 50.5 Å². The van der Waals surface area contributed by atoms with E-state index in [1.807, 2.05) is 64.1 Å². The molecule has 1 unspecified atom stereocenters. The molecule has 0 saturated heterocycles. The smallest absolute Gasteiger partial charge is 0.244 e. The van der Waals surface area contributed by atoms with E-state index >= 15 is 0 Å². The van der Waals surface area contributed by atoms with Crippen LogP contribution >= 0.6 is 23.2 Å². The predicted molar refractivity (Wildman–Crippen MR) is 167 cm³/mol. The molecule has 3 aromatic rings. The van der Waals surface area contributed by atoms with Crippen LogP contribution in [0.1, 0.15) is 36.1 Å². The highest BCUT2D eigenvalue weighted by Gasteiger charge is 2.33. The second-order valence-corrected chi connectivity index (χ2v) is 13.4. The van der Waals surface area contributed by atoms with E-state index in [1.54, 1.807) is 30.3 Å². The van der Waals surface area contributed by atoms with Gasteiger partial charge in [-0.25, -0.2) is 8.42 Å². The van der Waals surface area contributed by atoms with Crippen molar-refractivity contribution in [3.05, 3.63) is 99.0 Å². The Morgan fingerprint density at radius 1 is 0.927 bits per heavy atom. The topological polar surface area (TPSA) is 86.8 Å². The fourth-order valence-corrected chi connectivity index (χ4v) is 5.61. The van der Waals surface area contributed by atoms with E-state index < -0.39 is 28.5 Å². The van der Waals surface area contributed by atoms with Crippen molar-refractivity contribution in [2.24, 2.45) is 5.92 Å². The molecule has 7 nitrogen and oxygen atoms in total. The number of sulfonamides is 1. The summed E-state index contributed by atoms with van der Waals surface area (Å²) >= 11 is 12.6. The molecule has 220 valence electrons. The van der Waals surface area contributed by atoms with E-state index in [-0.39, 0.29) is 24.8 Å². The van der Waals surface area contributed by atoms with Gasteiger partial charge in [0, 0.05) is 29.6 Å². The maximum Gasteiger partial charge on any atom is 0.244 e. The molecule has 0 saturated carbocycles. The first-order valence-corrected chi connectivity index (χ1v) is 16.0. The van der Waals surface area contributed by atoms with Crippen molar-refractivity contribution in [3.63, 3.8) is 0 Å². The summed E-state index contributed by atoms with van der Waals surface area (Å²) in [5, 5.41) is 3.73. The summed E-state index contributed by atoms with van der Waals surface area (Å²) in [6.07, 6.45) is 1.29. The number of carbonyl (C=O) groups is 2. The zero-order valence-corrected chi connectivity index (χ0v) is 26.4. The Hall–Kier alpha value is -3.07. The van der Waals surface area contributed by atoms with Gasteiger partial charge in [-0.3, -0.25) is 13.9 Å². The quantitative estimate of drug-likeness (QED) is 0.279. The fraction of sp³-hybridized carbons (Fsp3) is 0.355. The summed E-state index contributed by atoms with van der Waals surface area (Å²) in [4.78, 5) is 29.2. The van der Waals surface area contributed by atoms with E-state index in [4.69, 9.17) is 23.2 Å². The molecule has 0 fully saturated rings. The van der Waals surface area contributed by atoms with E-state index in [1.165, 1.54) is 4.90 Å². The van der Waals surface area contributed by atoms with E-state index in [2.05, 4.69) is 5.32 Å². The first kappa shape index (κ1) is 32.4. The number of benzene rings is 3. The van der Waals surface area contributed by atoms with Crippen LogP contribution in [0.4, 0.5) is 5.69 Å². The van der Waals surface area contributed by atoms with E-state index in [9.17, 15) is 18.0 Å². The molecular formula is C31H37Cl2N3O4S. The van der Waals surface area contributed by atoms with E-state index in [0.717, 1.165) is 27.3 Å². The molecule has 3 rings (SSSR count). The summed E-state index contributed by atoms with van der Waals surface area (Å²) in [7, 11) is -3.85. The highest BCUT2D eigenvalue weighted by atomic mass is 35.5. The third-order valence-electron chi connectivity index (χ3n) is 6.77. The van der Waals surface area contributed by atoms with E-state index in [0.29, 0.717) is 27.8 Å². The minimum absolute atomic E-state index is 0.0219. The number of nitrogens with one attached hydrogen (secondary N) is 1. The summed E-state index contributed by atoms with van der Waals surface area (Å²) in [5.41, 5.74) is 3.69. The highest BCUT2D eigenvalue weighted by molar-refractivity contribution is 7.92. The zero-order valence-electron chi connectivity index (χ0n) is 24.0. The Morgan fingerprint density at radius 2 is 1.61 bits per heavy atom. The number of rotatable bonds is 12. The zero-order chi connectivity index (χ0) is 30.3. The normalized spacial score (nSPS) is 12.2. The van der Waals surface area contributed by atoms with Crippen LogP contribution in [0.3, 0.4) is 0 Å². The molecule has 0 aliphatic carbocycles. The molecule has 0 aliphatic heterocycles. The lowest BCUT2D eigenvalue weighted by atomic mass is 10.0. The number of halogens is 2. The van der Waals surface area contributed by atoms with Crippen LogP contribution in [-0.2, 0) is 32.6 Å². The van der Waals surface area contributed by atoms with Gasteiger partial charge in [-0.1, -0.05) is 79.5 Å². The molecule has 1 atom stereocenters. The van der Waals surface area contributed by atoms with Gasteiger partial charge >= 0.3 is 0 Å². The molecular weight excluding hydrogens is 581 g/mol.